The van der Waals surface area contributed by atoms with E-state index < -0.39 is 0 Å². The minimum atomic E-state index is 0.196. The molecule has 1 heteroatoms. The third-order valence-electron chi connectivity index (χ3n) is 4.08. The predicted octanol–water partition coefficient (Wildman–Crippen LogP) is 5.13. The molecule has 0 aliphatic heterocycles. The van der Waals surface area contributed by atoms with Crippen molar-refractivity contribution < 1.29 is 4.79 Å². The van der Waals surface area contributed by atoms with Crippen LogP contribution in [0.2, 0.25) is 0 Å². The fourth-order valence-corrected chi connectivity index (χ4v) is 2.71. The van der Waals surface area contributed by atoms with Crippen LogP contribution in [0.25, 0.3) is 12.2 Å². The quantitative estimate of drug-likeness (QED) is 0.700. The minimum Gasteiger partial charge on any atom is -0.289 e. The Morgan fingerprint density at radius 3 is 1.41 bits per heavy atom. The van der Waals surface area contributed by atoms with Crippen LogP contribution in [-0.4, -0.2) is 5.78 Å². The molecule has 0 saturated heterocycles. The molecule has 0 N–H and O–H groups in total. The van der Waals surface area contributed by atoms with Crippen molar-refractivity contribution in [2.75, 3.05) is 0 Å². The number of hydrogen-bond donors (Lipinski definition) is 0. The molecule has 0 radical (unpaired) electrons. The molecule has 0 unspecified atom stereocenters. The highest BCUT2D eigenvalue weighted by Crippen LogP contribution is 2.29. The lowest BCUT2D eigenvalue weighted by Crippen LogP contribution is -1.95. The second-order valence-electron chi connectivity index (χ2n) is 5.99. The van der Waals surface area contributed by atoms with Crippen LogP contribution in [0, 0.1) is 13.8 Å². The summed E-state index contributed by atoms with van der Waals surface area (Å²) in [5.41, 5.74) is 6.51. The second-order valence-corrected chi connectivity index (χ2v) is 5.99. The van der Waals surface area contributed by atoms with Crippen LogP contribution in [0.4, 0.5) is 0 Å². The van der Waals surface area contributed by atoms with Crippen molar-refractivity contribution in [1.82, 2.24) is 0 Å². The van der Waals surface area contributed by atoms with Crippen molar-refractivity contribution in [3.8, 4) is 0 Å². The molecule has 1 aliphatic rings. The van der Waals surface area contributed by atoms with E-state index in [0.717, 1.165) is 35.1 Å². The SMILES string of the molecule is Cc1ccc(/C=C2/CC/C(=C\c3ccc(C)cc3)C2=O)cc1. The summed E-state index contributed by atoms with van der Waals surface area (Å²) in [5.74, 6) is 0.196. The van der Waals surface area contributed by atoms with Crippen molar-refractivity contribution in [2.45, 2.75) is 26.7 Å². The number of Topliss-reactive ketones (excluding diaryl/α,β-unsaturated/α-hetero) is 1. The van der Waals surface area contributed by atoms with E-state index in [2.05, 4.69) is 62.4 Å². The Labute approximate surface area is 132 Å². The second kappa shape index (κ2) is 6.15. The van der Waals surface area contributed by atoms with Crippen molar-refractivity contribution >= 4 is 17.9 Å². The molecule has 0 atom stereocenters. The van der Waals surface area contributed by atoms with Gasteiger partial charge in [0.05, 0.1) is 0 Å². The molecule has 1 aliphatic carbocycles. The van der Waals surface area contributed by atoms with Gasteiger partial charge >= 0.3 is 0 Å². The first-order chi connectivity index (χ1) is 10.6. The third kappa shape index (κ3) is 3.25. The van der Waals surface area contributed by atoms with Crippen LogP contribution in [0.1, 0.15) is 35.1 Å². The number of aryl methyl sites for hydroxylation is 2. The number of carbonyl (C=O) groups excluding carboxylic acids is 1. The number of rotatable bonds is 2. The summed E-state index contributed by atoms with van der Waals surface area (Å²) in [5, 5.41) is 0. The first-order valence-corrected chi connectivity index (χ1v) is 7.71. The molecule has 0 amide bonds. The third-order valence-corrected chi connectivity index (χ3v) is 4.08. The topological polar surface area (TPSA) is 17.1 Å². The summed E-state index contributed by atoms with van der Waals surface area (Å²) in [6.07, 6.45) is 5.73. The molecule has 0 aromatic heterocycles. The lowest BCUT2D eigenvalue weighted by Gasteiger charge is -1.99. The number of carbonyl (C=O) groups is 1. The normalized spacial score (nSPS) is 18.4. The van der Waals surface area contributed by atoms with Gasteiger partial charge in [-0.3, -0.25) is 4.79 Å². The van der Waals surface area contributed by atoms with Gasteiger partial charge in [-0.1, -0.05) is 59.7 Å². The Morgan fingerprint density at radius 1 is 0.682 bits per heavy atom. The Morgan fingerprint density at radius 2 is 1.05 bits per heavy atom. The molecule has 0 bridgehead atoms. The van der Waals surface area contributed by atoms with Gasteiger partial charge in [0.2, 0.25) is 0 Å². The molecule has 3 rings (SSSR count). The van der Waals surface area contributed by atoms with E-state index in [0.29, 0.717) is 0 Å². The highest BCUT2D eigenvalue weighted by molar-refractivity contribution is 6.15. The zero-order chi connectivity index (χ0) is 15.5. The van der Waals surface area contributed by atoms with Crippen molar-refractivity contribution in [3.63, 3.8) is 0 Å². The first kappa shape index (κ1) is 14.5. The first-order valence-electron chi connectivity index (χ1n) is 7.71. The van der Waals surface area contributed by atoms with Crippen molar-refractivity contribution in [3.05, 3.63) is 81.9 Å². The number of hydrogen-bond acceptors (Lipinski definition) is 1. The minimum absolute atomic E-state index is 0.196. The van der Waals surface area contributed by atoms with Crippen molar-refractivity contribution in [1.29, 1.82) is 0 Å². The molecule has 1 saturated carbocycles. The van der Waals surface area contributed by atoms with E-state index >= 15 is 0 Å². The summed E-state index contributed by atoms with van der Waals surface area (Å²) in [4.78, 5) is 12.5. The maximum Gasteiger partial charge on any atom is 0.185 e. The Bertz CT molecular complexity index is 678. The van der Waals surface area contributed by atoms with Gasteiger partial charge in [-0.05, 0) is 50.0 Å². The summed E-state index contributed by atoms with van der Waals surface area (Å²) in [6, 6.07) is 16.6. The monoisotopic (exact) mass is 288 g/mol. The van der Waals surface area contributed by atoms with Crippen LogP contribution in [0.15, 0.2) is 59.7 Å². The molecule has 1 nitrogen and oxygen atoms in total. The molecule has 1 fully saturated rings. The molecule has 2 aromatic rings. The zero-order valence-corrected chi connectivity index (χ0v) is 13.1. The summed E-state index contributed by atoms with van der Waals surface area (Å²) in [7, 11) is 0. The van der Waals surface area contributed by atoms with E-state index in [4.69, 9.17) is 0 Å². The van der Waals surface area contributed by atoms with E-state index in [1.165, 1.54) is 11.1 Å². The van der Waals surface area contributed by atoms with Crippen LogP contribution in [0.3, 0.4) is 0 Å². The number of allylic oxidation sites excluding steroid dienone is 2. The van der Waals surface area contributed by atoms with Crippen LogP contribution in [0.5, 0.6) is 0 Å². The Kier molecular flexibility index (Phi) is 4.06. The lowest BCUT2D eigenvalue weighted by molar-refractivity contribution is -0.111. The lowest BCUT2D eigenvalue weighted by atomic mass is 10.1. The average molecular weight is 288 g/mol. The van der Waals surface area contributed by atoms with Gasteiger partial charge in [-0.2, -0.15) is 0 Å². The van der Waals surface area contributed by atoms with E-state index in [9.17, 15) is 4.79 Å². The van der Waals surface area contributed by atoms with E-state index in [1.807, 2.05) is 12.2 Å². The summed E-state index contributed by atoms with van der Waals surface area (Å²) in [6.45, 7) is 4.14. The number of ketones is 1. The van der Waals surface area contributed by atoms with Gasteiger partial charge < -0.3 is 0 Å². The fraction of sp³-hybridized carbons (Fsp3) is 0.190. The van der Waals surface area contributed by atoms with E-state index in [1.54, 1.807) is 0 Å². The van der Waals surface area contributed by atoms with Crippen LogP contribution in [-0.2, 0) is 4.79 Å². The van der Waals surface area contributed by atoms with Gasteiger partial charge in [0.15, 0.2) is 5.78 Å². The molecule has 0 spiro atoms. The molecule has 0 heterocycles. The zero-order valence-electron chi connectivity index (χ0n) is 13.1. The van der Waals surface area contributed by atoms with Gasteiger partial charge in [0.25, 0.3) is 0 Å². The van der Waals surface area contributed by atoms with Crippen molar-refractivity contribution in [2.24, 2.45) is 0 Å². The highest BCUT2D eigenvalue weighted by atomic mass is 16.1. The maximum atomic E-state index is 12.5. The molecular formula is C21H20O. The summed E-state index contributed by atoms with van der Waals surface area (Å²) < 4.78 is 0. The van der Waals surface area contributed by atoms with Crippen LogP contribution < -0.4 is 0 Å². The van der Waals surface area contributed by atoms with Gasteiger partial charge in [0, 0.05) is 11.1 Å². The summed E-state index contributed by atoms with van der Waals surface area (Å²) >= 11 is 0. The highest BCUT2D eigenvalue weighted by Gasteiger charge is 2.22. The Hall–Kier alpha value is -2.41. The molecule has 2 aromatic carbocycles. The van der Waals surface area contributed by atoms with Crippen LogP contribution >= 0.6 is 0 Å². The van der Waals surface area contributed by atoms with Gasteiger partial charge in [0.1, 0.15) is 0 Å². The average Bonchev–Trinajstić information content (AvgIpc) is 2.85. The largest absolute Gasteiger partial charge is 0.289 e. The van der Waals surface area contributed by atoms with E-state index in [-0.39, 0.29) is 5.78 Å². The Balaban J connectivity index is 1.82. The fourth-order valence-electron chi connectivity index (χ4n) is 2.71. The van der Waals surface area contributed by atoms with Gasteiger partial charge in [-0.25, -0.2) is 0 Å². The predicted molar refractivity (Wildman–Crippen MR) is 92.6 cm³/mol. The molecular weight excluding hydrogens is 268 g/mol. The number of benzene rings is 2. The van der Waals surface area contributed by atoms with Gasteiger partial charge in [-0.15, -0.1) is 0 Å². The molecule has 22 heavy (non-hydrogen) atoms. The maximum absolute atomic E-state index is 12.5. The molecule has 110 valence electrons. The smallest absolute Gasteiger partial charge is 0.185 e. The standard InChI is InChI=1S/C21H20O/c1-15-3-7-17(8-4-15)13-19-11-12-20(21(19)22)14-18-9-5-16(2)6-10-18/h3-10,13-14H,11-12H2,1-2H3/b19-13-,20-14+.